The first-order chi connectivity index (χ1) is 17.5. The molecule has 2 aliphatic heterocycles. The van der Waals surface area contributed by atoms with E-state index in [1.165, 1.54) is 17.1 Å². The number of benzene rings is 1. The van der Waals surface area contributed by atoms with Crippen LogP contribution in [0, 0.1) is 0 Å². The standard InChI is InChI=1S/C32H35N5/c1-30(2)23-13-11-21(34-23)29(19-7-9-20(33)10-8-19)22-12-14-24(35-22)31(3,4)26-16-18-28(37-26)32(5,6)27-17-15-25(30)36-27/h7-18,34,36-37H,33H2,1-6H3/b29-22-. The van der Waals surface area contributed by atoms with Gasteiger partial charge in [-0.05, 0) is 108 Å². The van der Waals surface area contributed by atoms with Crippen LogP contribution in [0.1, 0.15) is 81.3 Å². The van der Waals surface area contributed by atoms with Gasteiger partial charge in [-0.15, -0.1) is 0 Å². The lowest BCUT2D eigenvalue weighted by Crippen LogP contribution is -2.28. The Morgan fingerprint density at radius 3 is 1.62 bits per heavy atom. The van der Waals surface area contributed by atoms with E-state index >= 15 is 0 Å². The molecule has 1 aromatic carbocycles. The molecule has 0 saturated carbocycles. The smallest absolute Gasteiger partial charge is 0.0733 e. The molecule has 5 heteroatoms. The summed E-state index contributed by atoms with van der Waals surface area (Å²) in [5.41, 5.74) is 17.0. The van der Waals surface area contributed by atoms with Crippen molar-refractivity contribution in [3.8, 4) is 0 Å². The van der Waals surface area contributed by atoms with Crippen molar-refractivity contribution in [1.29, 1.82) is 0 Å². The van der Waals surface area contributed by atoms with Crippen LogP contribution in [0.25, 0.3) is 5.57 Å². The molecule has 0 unspecified atom stereocenters. The number of allylic oxidation sites excluding steroid dienone is 2. The van der Waals surface area contributed by atoms with Crippen LogP contribution in [0.5, 0.6) is 0 Å². The number of anilines is 1. The highest BCUT2D eigenvalue weighted by Crippen LogP contribution is 2.40. The Kier molecular flexibility index (Phi) is 4.91. The molecule has 8 bridgehead atoms. The summed E-state index contributed by atoms with van der Waals surface area (Å²) in [6.07, 6.45) is 4.29. The molecule has 5 heterocycles. The first kappa shape index (κ1) is 23.4. The van der Waals surface area contributed by atoms with Crippen LogP contribution in [-0.2, 0) is 16.2 Å². The van der Waals surface area contributed by atoms with Gasteiger partial charge in [0.05, 0.1) is 11.4 Å². The Bertz CT molecular complexity index is 1590. The molecule has 0 aliphatic carbocycles. The number of nitrogens with one attached hydrogen (secondary N) is 3. The fraction of sp³-hybridized carbons (Fsp3) is 0.281. The zero-order valence-corrected chi connectivity index (χ0v) is 22.5. The average molecular weight is 490 g/mol. The number of fused-ring (bicyclic) bond motifs is 7. The molecule has 0 fully saturated rings. The summed E-state index contributed by atoms with van der Waals surface area (Å²) >= 11 is 0. The van der Waals surface area contributed by atoms with E-state index in [1.807, 2.05) is 12.1 Å². The van der Waals surface area contributed by atoms with Crippen LogP contribution in [-0.4, -0.2) is 20.7 Å². The quantitative estimate of drug-likeness (QED) is 0.214. The van der Waals surface area contributed by atoms with E-state index in [9.17, 15) is 0 Å². The Morgan fingerprint density at radius 2 is 1.05 bits per heavy atom. The predicted molar refractivity (Wildman–Crippen MR) is 153 cm³/mol. The van der Waals surface area contributed by atoms with Crippen molar-refractivity contribution >= 4 is 17.0 Å². The monoisotopic (exact) mass is 489 g/mol. The molecule has 2 aliphatic rings. The Morgan fingerprint density at radius 1 is 0.568 bits per heavy atom. The molecule has 0 radical (unpaired) electrons. The van der Waals surface area contributed by atoms with Crippen molar-refractivity contribution < 1.29 is 0 Å². The van der Waals surface area contributed by atoms with E-state index < -0.39 is 0 Å². The third-order valence-electron chi connectivity index (χ3n) is 8.43. The van der Waals surface area contributed by atoms with E-state index in [-0.39, 0.29) is 16.2 Å². The van der Waals surface area contributed by atoms with Gasteiger partial charge in [0.1, 0.15) is 0 Å². The van der Waals surface area contributed by atoms with Gasteiger partial charge >= 0.3 is 0 Å². The highest BCUT2D eigenvalue weighted by atomic mass is 14.9. The summed E-state index contributed by atoms with van der Waals surface area (Å²) in [4.78, 5) is 16.5. The normalized spacial score (nSPS) is 21.2. The number of rotatable bonds is 1. The lowest BCUT2D eigenvalue weighted by molar-refractivity contribution is 0.569. The van der Waals surface area contributed by atoms with Crippen LogP contribution in [0.15, 0.2) is 83.5 Å². The topological polar surface area (TPSA) is 85.8 Å². The SMILES string of the molecule is CC1(C)C2=N/C(=C(/c3ccc(N)cc3)c3ccc([nH]3)C(C)(C)c3ccc([nH]3)C(C)(C)c3ccc1[nH]3)C=C2. The summed E-state index contributed by atoms with van der Waals surface area (Å²) in [7, 11) is 0. The maximum Gasteiger partial charge on any atom is 0.0733 e. The Hall–Kier alpha value is -3.99. The largest absolute Gasteiger partial charge is 0.399 e. The van der Waals surface area contributed by atoms with E-state index in [0.29, 0.717) is 0 Å². The first-order valence-electron chi connectivity index (χ1n) is 12.9. The minimum atomic E-state index is -0.292. The highest BCUT2D eigenvalue weighted by Gasteiger charge is 2.35. The summed E-state index contributed by atoms with van der Waals surface area (Å²) in [5.74, 6) is 0. The minimum absolute atomic E-state index is 0.207. The molecule has 5 nitrogen and oxygen atoms in total. The van der Waals surface area contributed by atoms with Crippen molar-refractivity contribution in [2.45, 2.75) is 57.8 Å². The molecule has 0 amide bonds. The van der Waals surface area contributed by atoms with Gasteiger partial charge in [-0.1, -0.05) is 12.1 Å². The van der Waals surface area contributed by atoms with Gasteiger partial charge in [-0.3, -0.25) is 4.99 Å². The molecular weight excluding hydrogens is 454 g/mol. The highest BCUT2D eigenvalue weighted by molar-refractivity contribution is 6.07. The lowest BCUT2D eigenvalue weighted by Gasteiger charge is -2.27. The van der Waals surface area contributed by atoms with E-state index in [0.717, 1.165) is 45.3 Å². The molecule has 3 aromatic heterocycles. The molecule has 6 rings (SSSR count). The van der Waals surface area contributed by atoms with Crippen LogP contribution in [0.4, 0.5) is 5.69 Å². The number of nitrogens with two attached hydrogens (primary N) is 1. The van der Waals surface area contributed by atoms with Crippen LogP contribution < -0.4 is 5.73 Å². The Balaban J connectivity index is 1.63. The van der Waals surface area contributed by atoms with Gasteiger partial charge in [0.15, 0.2) is 0 Å². The van der Waals surface area contributed by atoms with Crippen molar-refractivity contribution in [3.63, 3.8) is 0 Å². The van der Waals surface area contributed by atoms with Gasteiger partial charge in [0.25, 0.3) is 0 Å². The van der Waals surface area contributed by atoms with Gasteiger partial charge in [-0.25, -0.2) is 0 Å². The fourth-order valence-electron chi connectivity index (χ4n) is 5.52. The van der Waals surface area contributed by atoms with Gasteiger partial charge in [-0.2, -0.15) is 0 Å². The van der Waals surface area contributed by atoms with Crippen LogP contribution in [0.3, 0.4) is 0 Å². The third-order valence-corrected chi connectivity index (χ3v) is 8.43. The van der Waals surface area contributed by atoms with Gasteiger partial charge < -0.3 is 20.7 Å². The van der Waals surface area contributed by atoms with Gasteiger partial charge in [0, 0.05) is 61.7 Å². The maximum atomic E-state index is 6.03. The fourth-order valence-corrected chi connectivity index (χ4v) is 5.52. The number of H-pyrrole nitrogens is 3. The number of nitrogens with zero attached hydrogens (tertiary/aromatic N) is 1. The van der Waals surface area contributed by atoms with Crippen molar-refractivity contribution in [1.82, 2.24) is 15.0 Å². The van der Waals surface area contributed by atoms with E-state index in [1.54, 1.807) is 0 Å². The molecule has 188 valence electrons. The van der Waals surface area contributed by atoms with Crippen LogP contribution in [0.2, 0.25) is 0 Å². The predicted octanol–water partition coefficient (Wildman–Crippen LogP) is 6.97. The van der Waals surface area contributed by atoms with Crippen molar-refractivity contribution in [2.75, 3.05) is 5.73 Å². The number of aliphatic imine (C=N–C) groups is 1. The summed E-state index contributed by atoms with van der Waals surface area (Å²) in [5, 5.41) is 0. The summed E-state index contributed by atoms with van der Waals surface area (Å²) in [6.45, 7) is 13.5. The summed E-state index contributed by atoms with van der Waals surface area (Å²) < 4.78 is 0. The maximum absolute atomic E-state index is 6.03. The molecule has 0 spiro atoms. The first-order valence-corrected chi connectivity index (χ1v) is 12.9. The Labute approximate surface area is 218 Å². The van der Waals surface area contributed by atoms with Crippen molar-refractivity contribution in [3.05, 3.63) is 118 Å². The number of nitrogen functional groups attached to an aromatic ring is 1. The zero-order valence-electron chi connectivity index (χ0n) is 22.5. The summed E-state index contributed by atoms with van der Waals surface area (Å²) in [6, 6.07) is 21.3. The zero-order chi connectivity index (χ0) is 26.2. The number of hydrogen-bond donors (Lipinski definition) is 4. The van der Waals surface area contributed by atoms with E-state index in [2.05, 4.69) is 117 Å². The molecule has 0 saturated heterocycles. The van der Waals surface area contributed by atoms with Crippen LogP contribution >= 0.6 is 0 Å². The third kappa shape index (κ3) is 3.56. The number of aromatic amines is 3. The molecule has 4 aromatic rings. The minimum Gasteiger partial charge on any atom is -0.399 e. The number of hydrogen-bond acceptors (Lipinski definition) is 2. The lowest BCUT2D eigenvalue weighted by atomic mass is 9.84. The molecular formula is C32H35N5. The number of aromatic nitrogens is 3. The molecule has 5 N–H and O–H groups in total. The molecule has 37 heavy (non-hydrogen) atoms. The second-order valence-corrected chi connectivity index (χ2v) is 11.9. The van der Waals surface area contributed by atoms with Crippen molar-refractivity contribution in [2.24, 2.45) is 4.99 Å². The molecule has 0 atom stereocenters. The second kappa shape index (κ2) is 7.75. The average Bonchev–Trinajstić information content (AvgIpc) is 3.67. The second-order valence-electron chi connectivity index (χ2n) is 11.9. The van der Waals surface area contributed by atoms with E-state index in [4.69, 9.17) is 10.7 Å². The van der Waals surface area contributed by atoms with Gasteiger partial charge in [0.2, 0.25) is 0 Å².